The molecule has 4 aromatic rings. The molecule has 1 aliphatic heterocycles. The highest BCUT2D eigenvalue weighted by atomic mass is 16.5. The number of carbonyl (C=O) groups is 1. The normalized spacial score (nSPS) is 15.3. The standard InChI is InChI=1S/C25H27N5O2/c1-32-25(31)20-9-5-8-19-21(15-26-23(19)20)24-27-22(28-29-24)16-30-12-10-18(11-13-30)14-17-6-3-2-4-7-17/h2-9,15,18,26H,10-14,16H2,1H3,(H,27,28,29). The van der Waals surface area contributed by atoms with Gasteiger partial charge in [0.25, 0.3) is 0 Å². The van der Waals surface area contributed by atoms with Crippen molar-refractivity contribution in [1.29, 1.82) is 0 Å². The molecule has 7 heteroatoms. The monoisotopic (exact) mass is 429 g/mol. The van der Waals surface area contributed by atoms with Gasteiger partial charge in [0.2, 0.25) is 0 Å². The molecular weight excluding hydrogens is 402 g/mol. The van der Waals surface area contributed by atoms with Crippen LogP contribution in [0.4, 0.5) is 0 Å². The summed E-state index contributed by atoms with van der Waals surface area (Å²) >= 11 is 0. The fraction of sp³-hybridized carbons (Fsp3) is 0.320. The zero-order valence-corrected chi connectivity index (χ0v) is 18.2. The summed E-state index contributed by atoms with van der Waals surface area (Å²) in [7, 11) is 1.39. The van der Waals surface area contributed by atoms with E-state index in [4.69, 9.17) is 4.74 Å². The van der Waals surface area contributed by atoms with Crippen LogP contribution in [0.5, 0.6) is 0 Å². The number of piperidine rings is 1. The number of methoxy groups -OCH3 is 1. The number of esters is 1. The van der Waals surface area contributed by atoms with Crippen LogP contribution in [0.15, 0.2) is 54.7 Å². The highest BCUT2D eigenvalue weighted by Crippen LogP contribution is 2.29. The molecule has 1 saturated heterocycles. The average Bonchev–Trinajstić information content (AvgIpc) is 3.47. The van der Waals surface area contributed by atoms with Crippen LogP contribution < -0.4 is 0 Å². The molecule has 0 saturated carbocycles. The quantitative estimate of drug-likeness (QED) is 0.449. The van der Waals surface area contributed by atoms with Gasteiger partial charge in [-0.05, 0) is 49.9 Å². The SMILES string of the molecule is COC(=O)c1cccc2c(-c3nnc(CN4CCC(Cc5ccccc5)CC4)[nH]3)c[nH]c12. The Hall–Kier alpha value is -3.45. The molecule has 7 nitrogen and oxygen atoms in total. The fourth-order valence-corrected chi connectivity index (χ4v) is 4.63. The average molecular weight is 430 g/mol. The third-order valence-electron chi connectivity index (χ3n) is 6.36. The van der Waals surface area contributed by atoms with Crippen molar-refractivity contribution in [2.75, 3.05) is 20.2 Å². The molecule has 32 heavy (non-hydrogen) atoms. The molecule has 2 N–H and O–H groups in total. The summed E-state index contributed by atoms with van der Waals surface area (Å²) in [4.78, 5) is 21.0. The summed E-state index contributed by atoms with van der Waals surface area (Å²) < 4.78 is 4.89. The highest BCUT2D eigenvalue weighted by Gasteiger charge is 2.21. The van der Waals surface area contributed by atoms with Gasteiger partial charge >= 0.3 is 5.97 Å². The molecule has 0 atom stereocenters. The molecule has 0 unspecified atom stereocenters. The number of nitrogens with zero attached hydrogens (tertiary/aromatic N) is 3. The first kappa shape index (κ1) is 20.5. The smallest absolute Gasteiger partial charge is 0.339 e. The van der Waals surface area contributed by atoms with Gasteiger partial charge in [-0.25, -0.2) is 4.79 Å². The highest BCUT2D eigenvalue weighted by molar-refractivity contribution is 6.06. The van der Waals surface area contributed by atoms with Gasteiger partial charge in [-0.3, -0.25) is 4.90 Å². The first-order valence-electron chi connectivity index (χ1n) is 11.1. The first-order chi connectivity index (χ1) is 15.7. The summed E-state index contributed by atoms with van der Waals surface area (Å²) in [5, 5.41) is 9.67. The Labute approximate surface area is 186 Å². The lowest BCUT2D eigenvalue weighted by Crippen LogP contribution is -2.34. The first-order valence-corrected chi connectivity index (χ1v) is 11.1. The third-order valence-corrected chi connectivity index (χ3v) is 6.36. The Balaban J connectivity index is 1.24. The number of rotatable bonds is 6. The van der Waals surface area contributed by atoms with E-state index in [0.29, 0.717) is 11.4 Å². The number of aromatic amines is 2. The number of nitrogens with one attached hydrogen (secondary N) is 2. The van der Waals surface area contributed by atoms with E-state index in [1.165, 1.54) is 25.5 Å². The predicted octanol–water partition coefficient (Wildman–Crippen LogP) is 4.19. The summed E-state index contributed by atoms with van der Waals surface area (Å²) in [5.41, 5.74) is 3.58. The zero-order chi connectivity index (χ0) is 21.9. The van der Waals surface area contributed by atoms with E-state index in [2.05, 4.69) is 55.4 Å². The van der Waals surface area contributed by atoms with E-state index >= 15 is 0 Å². The Morgan fingerprint density at radius 1 is 1.09 bits per heavy atom. The maximum Gasteiger partial charge on any atom is 0.339 e. The minimum absolute atomic E-state index is 0.363. The largest absolute Gasteiger partial charge is 0.465 e. The molecule has 2 aromatic carbocycles. The van der Waals surface area contributed by atoms with Crippen molar-refractivity contribution in [3.63, 3.8) is 0 Å². The zero-order valence-electron chi connectivity index (χ0n) is 18.2. The lowest BCUT2D eigenvalue weighted by Gasteiger charge is -2.31. The molecule has 1 fully saturated rings. The molecule has 0 bridgehead atoms. The Morgan fingerprint density at radius 2 is 1.91 bits per heavy atom. The number of H-pyrrole nitrogens is 2. The number of hydrogen-bond acceptors (Lipinski definition) is 5. The van der Waals surface area contributed by atoms with Crippen molar-refractivity contribution in [3.8, 4) is 11.4 Å². The van der Waals surface area contributed by atoms with Crippen molar-refractivity contribution in [1.82, 2.24) is 25.1 Å². The number of benzene rings is 2. The molecule has 164 valence electrons. The molecule has 2 aromatic heterocycles. The minimum Gasteiger partial charge on any atom is -0.465 e. The van der Waals surface area contributed by atoms with Crippen molar-refractivity contribution < 1.29 is 9.53 Å². The lowest BCUT2D eigenvalue weighted by atomic mass is 9.90. The van der Waals surface area contributed by atoms with Crippen molar-refractivity contribution in [2.24, 2.45) is 5.92 Å². The minimum atomic E-state index is -0.363. The number of aromatic nitrogens is 4. The summed E-state index contributed by atoms with van der Waals surface area (Å²) in [5.74, 6) is 1.94. The van der Waals surface area contributed by atoms with Gasteiger partial charge in [-0.2, -0.15) is 0 Å². The molecule has 1 aliphatic rings. The number of hydrogen-bond donors (Lipinski definition) is 2. The second-order valence-corrected chi connectivity index (χ2v) is 8.45. The molecule has 5 rings (SSSR count). The van der Waals surface area contributed by atoms with Crippen molar-refractivity contribution in [2.45, 2.75) is 25.8 Å². The number of carbonyl (C=O) groups excluding carboxylic acids is 1. The fourth-order valence-electron chi connectivity index (χ4n) is 4.63. The summed E-state index contributed by atoms with van der Waals surface area (Å²) in [6, 6.07) is 16.3. The van der Waals surface area contributed by atoms with Crippen LogP contribution in [-0.2, 0) is 17.7 Å². The van der Waals surface area contributed by atoms with E-state index in [9.17, 15) is 4.79 Å². The van der Waals surface area contributed by atoms with Crippen LogP contribution in [0, 0.1) is 5.92 Å². The molecule has 0 spiro atoms. The summed E-state index contributed by atoms with van der Waals surface area (Å²) in [6.45, 7) is 2.91. The van der Waals surface area contributed by atoms with E-state index < -0.39 is 0 Å². The van der Waals surface area contributed by atoms with Crippen LogP contribution in [0.2, 0.25) is 0 Å². The second-order valence-electron chi connectivity index (χ2n) is 8.45. The van der Waals surface area contributed by atoms with Gasteiger partial charge in [0.1, 0.15) is 5.82 Å². The lowest BCUT2D eigenvalue weighted by molar-refractivity contribution is 0.0603. The summed E-state index contributed by atoms with van der Waals surface area (Å²) in [6.07, 6.45) is 5.43. The van der Waals surface area contributed by atoms with Gasteiger partial charge in [-0.15, -0.1) is 10.2 Å². The maximum atomic E-state index is 12.0. The second kappa shape index (κ2) is 8.96. The van der Waals surface area contributed by atoms with Crippen LogP contribution in [0.1, 0.15) is 34.6 Å². The Morgan fingerprint density at radius 3 is 2.69 bits per heavy atom. The van der Waals surface area contributed by atoms with Crippen LogP contribution in [0.25, 0.3) is 22.3 Å². The topological polar surface area (TPSA) is 86.9 Å². The Kier molecular flexibility index (Phi) is 5.73. The van der Waals surface area contributed by atoms with Gasteiger partial charge in [0, 0.05) is 17.1 Å². The number of ether oxygens (including phenoxy) is 1. The predicted molar refractivity (Wildman–Crippen MR) is 123 cm³/mol. The van der Waals surface area contributed by atoms with Crippen LogP contribution in [0.3, 0.4) is 0 Å². The van der Waals surface area contributed by atoms with Gasteiger partial charge in [0.05, 0.1) is 24.7 Å². The molecular formula is C25H27N5O2. The van der Waals surface area contributed by atoms with E-state index in [1.807, 2.05) is 18.3 Å². The number of fused-ring (bicyclic) bond motifs is 1. The van der Waals surface area contributed by atoms with E-state index in [0.717, 1.165) is 54.3 Å². The van der Waals surface area contributed by atoms with Gasteiger partial charge in [-0.1, -0.05) is 42.5 Å². The number of likely N-dealkylation sites (tertiary alicyclic amines) is 1. The molecule has 0 amide bonds. The molecule has 0 aliphatic carbocycles. The Bertz CT molecular complexity index is 1210. The number of para-hydroxylation sites is 1. The molecule has 3 heterocycles. The molecule has 0 radical (unpaired) electrons. The van der Waals surface area contributed by atoms with Gasteiger partial charge in [0.15, 0.2) is 5.82 Å². The third kappa shape index (κ3) is 4.16. The van der Waals surface area contributed by atoms with Crippen LogP contribution >= 0.6 is 0 Å². The van der Waals surface area contributed by atoms with Crippen molar-refractivity contribution >= 4 is 16.9 Å². The maximum absolute atomic E-state index is 12.0. The van der Waals surface area contributed by atoms with Gasteiger partial charge < -0.3 is 14.7 Å². The van der Waals surface area contributed by atoms with E-state index in [1.54, 1.807) is 6.07 Å². The van der Waals surface area contributed by atoms with Crippen LogP contribution in [-0.4, -0.2) is 51.2 Å². The van der Waals surface area contributed by atoms with E-state index in [-0.39, 0.29) is 5.97 Å². The van der Waals surface area contributed by atoms with Crippen molar-refractivity contribution in [3.05, 3.63) is 71.7 Å².